The van der Waals surface area contributed by atoms with Gasteiger partial charge in [-0.05, 0) is 47.0 Å². The molecular formula is C11H10BrN. The molecule has 13 heavy (non-hydrogen) atoms. The van der Waals surface area contributed by atoms with Crippen LogP contribution in [0.1, 0.15) is 11.1 Å². The predicted octanol–water partition coefficient (Wildman–Crippen LogP) is 3.61. The van der Waals surface area contributed by atoms with E-state index in [2.05, 4.69) is 46.9 Å². The van der Waals surface area contributed by atoms with Gasteiger partial charge < -0.3 is 0 Å². The molecule has 2 heteroatoms. The van der Waals surface area contributed by atoms with E-state index in [1.54, 1.807) is 0 Å². The highest BCUT2D eigenvalue weighted by Crippen LogP contribution is 2.28. The Balaban J connectivity index is 2.97. The Hall–Kier alpha value is -0.890. The first-order valence-corrected chi connectivity index (χ1v) is 5.00. The number of benzene rings is 1. The molecular weight excluding hydrogens is 226 g/mol. The van der Waals surface area contributed by atoms with E-state index in [9.17, 15) is 0 Å². The molecule has 0 spiro atoms. The van der Waals surface area contributed by atoms with E-state index in [1.165, 1.54) is 16.5 Å². The minimum Gasteiger partial charge on any atom is -0.256 e. The van der Waals surface area contributed by atoms with Crippen molar-refractivity contribution in [3.8, 4) is 0 Å². The highest BCUT2D eigenvalue weighted by molar-refractivity contribution is 9.10. The van der Waals surface area contributed by atoms with Crippen LogP contribution in [-0.4, -0.2) is 4.98 Å². The van der Waals surface area contributed by atoms with Crippen molar-refractivity contribution in [1.82, 2.24) is 4.98 Å². The molecule has 66 valence electrons. The second kappa shape index (κ2) is 3.11. The van der Waals surface area contributed by atoms with Crippen molar-refractivity contribution in [3.05, 3.63) is 40.0 Å². The predicted molar refractivity (Wildman–Crippen MR) is 58.9 cm³/mol. The zero-order valence-electron chi connectivity index (χ0n) is 7.63. The Labute approximate surface area is 85.9 Å². The summed E-state index contributed by atoms with van der Waals surface area (Å²) in [6, 6.07) is 6.21. The summed E-state index contributed by atoms with van der Waals surface area (Å²) in [5.41, 5.74) is 3.58. The van der Waals surface area contributed by atoms with Crippen LogP contribution in [0.4, 0.5) is 0 Å². The van der Waals surface area contributed by atoms with Gasteiger partial charge in [0.2, 0.25) is 0 Å². The smallest absolute Gasteiger partial charge is 0.0742 e. The number of hydrogen-bond acceptors (Lipinski definition) is 1. The third kappa shape index (κ3) is 1.35. The zero-order chi connectivity index (χ0) is 9.42. The summed E-state index contributed by atoms with van der Waals surface area (Å²) in [5.74, 6) is 0. The number of pyridine rings is 1. The largest absolute Gasteiger partial charge is 0.256 e. The highest BCUT2D eigenvalue weighted by Gasteiger charge is 2.04. The molecule has 0 radical (unpaired) electrons. The molecule has 0 amide bonds. The second-order valence-corrected chi connectivity index (χ2v) is 4.02. The lowest BCUT2D eigenvalue weighted by molar-refractivity contribution is 1.33. The number of aromatic nitrogens is 1. The summed E-state index contributed by atoms with van der Waals surface area (Å²) in [7, 11) is 0. The van der Waals surface area contributed by atoms with E-state index in [0.717, 1.165) is 9.99 Å². The van der Waals surface area contributed by atoms with Crippen LogP contribution in [0.2, 0.25) is 0 Å². The summed E-state index contributed by atoms with van der Waals surface area (Å²) in [6.45, 7) is 4.19. The van der Waals surface area contributed by atoms with E-state index in [0.29, 0.717) is 0 Å². The number of aryl methyl sites for hydroxylation is 2. The second-order valence-electron chi connectivity index (χ2n) is 3.22. The fourth-order valence-corrected chi connectivity index (χ4v) is 2.00. The topological polar surface area (TPSA) is 12.9 Å². The monoisotopic (exact) mass is 235 g/mol. The SMILES string of the molecule is Cc1cc(C)c2ncccc2c1Br. The summed E-state index contributed by atoms with van der Waals surface area (Å²) < 4.78 is 1.15. The van der Waals surface area contributed by atoms with Gasteiger partial charge in [0.15, 0.2) is 0 Å². The van der Waals surface area contributed by atoms with Gasteiger partial charge in [0.05, 0.1) is 5.52 Å². The maximum absolute atomic E-state index is 4.35. The van der Waals surface area contributed by atoms with Crippen molar-refractivity contribution >= 4 is 26.8 Å². The summed E-state index contributed by atoms with van der Waals surface area (Å²) in [4.78, 5) is 4.35. The Morgan fingerprint density at radius 1 is 1.23 bits per heavy atom. The fraction of sp³-hybridized carbons (Fsp3) is 0.182. The Morgan fingerprint density at radius 3 is 2.77 bits per heavy atom. The van der Waals surface area contributed by atoms with Gasteiger partial charge in [-0.2, -0.15) is 0 Å². The summed E-state index contributed by atoms with van der Waals surface area (Å²) >= 11 is 3.57. The quantitative estimate of drug-likeness (QED) is 0.680. The molecule has 2 aromatic rings. The van der Waals surface area contributed by atoms with Crippen LogP contribution in [0, 0.1) is 13.8 Å². The van der Waals surface area contributed by atoms with E-state index in [4.69, 9.17) is 0 Å². The van der Waals surface area contributed by atoms with Crippen LogP contribution in [0.3, 0.4) is 0 Å². The normalized spacial score (nSPS) is 10.7. The minimum atomic E-state index is 1.08. The first-order chi connectivity index (χ1) is 6.20. The maximum Gasteiger partial charge on any atom is 0.0742 e. The average Bonchev–Trinajstić information content (AvgIpc) is 2.15. The molecule has 0 fully saturated rings. The fourth-order valence-electron chi connectivity index (χ4n) is 1.57. The molecule has 1 aromatic heterocycles. The van der Waals surface area contributed by atoms with Crippen LogP contribution in [-0.2, 0) is 0 Å². The third-order valence-electron chi connectivity index (χ3n) is 2.20. The lowest BCUT2D eigenvalue weighted by Crippen LogP contribution is -1.86. The van der Waals surface area contributed by atoms with Crippen LogP contribution in [0.25, 0.3) is 10.9 Å². The molecule has 0 atom stereocenters. The number of rotatable bonds is 0. The molecule has 0 unspecified atom stereocenters. The molecule has 0 saturated heterocycles. The van der Waals surface area contributed by atoms with Crippen molar-refractivity contribution in [1.29, 1.82) is 0 Å². The van der Waals surface area contributed by atoms with Gasteiger partial charge >= 0.3 is 0 Å². The van der Waals surface area contributed by atoms with Gasteiger partial charge in [0.1, 0.15) is 0 Å². The van der Waals surface area contributed by atoms with Gasteiger partial charge in [-0.1, -0.05) is 12.1 Å². The van der Waals surface area contributed by atoms with Crippen molar-refractivity contribution in [2.45, 2.75) is 13.8 Å². The van der Waals surface area contributed by atoms with Crippen LogP contribution < -0.4 is 0 Å². The van der Waals surface area contributed by atoms with Gasteiger partial charge in [-0.25, -0.2) is 0 Å². The van der Waals surface area contributed by atoms with Crippen LogP contribution in [0.5, 0.6) is 0 Å². The number of hydrogen-bond donors (Lipinski definition) is 0. The number of halogens is 1. The summed E-state index contributed by atoms with van der Waals surface area (Å²) in [6.07, 6.45) is 1.83. The molecule has 1 nitrogen and oxygen atoms in total. The first-order valence-electron chi connectivity index (χ1n) is 4.20. The van der Waals surface area contributed by atoms with E-state index in [-0.39, 0.29) is 0 Å². The van der Waals surface area contributed by atoms with Crippen LogP contribution in [0.15, 0.2) is 28.9 Å². The molecule has 0 saturated carbocycles. The minimum absolute atomic E-state index is 1.08. The highest BCUT2D eigenvalue weighted by atomic mass is 79.9. The molecule has 0 aliphatic carbocycles. The molecule has 0 aliphatic heterocycles. The van der Waals surface area contributed by atoms with Gasteiger partial charge in [-0.3, -0.25) is 4.98 Å². The molecule has 1 aromatic carbocycles. The molecule has 0 bridgehead atoms. The van der Waals surface area contributed by atoms with Crippen molar-refractivity contribution in [2.24, 2.45) is 0 Å². The molecule has 0 N–H and O–H groups in total. The number of nitrogens with zero attached hydrogens (tertiary/aromatic N) is 1. The van der Waals surface area contributed by atoms with E-state index >= 15 is 0 Å². The van der Waals surface area contributed by atoms with Crippen molar-refractivity contribution in [3.63, 3.8) is 0 Å². The van der Waals surface area contributed by atoms with Crippen molar-refractivity contribution in [2.75, 3.05) is 0 Å². The Bertz CT molecular complexity index is 463. The van der Waals surface area contributed by atoms with Crippen molar-refractivity contribution < 1.29 is 0 Å². The molecule has 2 rings (SSSR count). The van der Waals surface area contributed by atoms with E-state index in [1.807, 2.05) is 12.3 Å². The lowest BCUT2D eigenvalue weighted by atomic mass is 10.1. The third-order valence-corrected chi connectivity index (χ3v) is 3.25. The first kappa shape index (κ1) is 8.70. The maximum atomic E-state index is 4.35. The molecule has 0 aliphatic rings. The zero-order valence-corrected chi connectivity index (χ0v) is 9.22. The standard InChI is InChI=1S/C11H10BrN/c1-7-6-8(2)11-9(10(7)12)4-3-5-13-11/h3-6H,1-2H3. The average molecular weight is 236 g/mol. The number of fused-ring (bicyclic) bond motifs is 1. The van der Waals surface area contributed by atoms with Crippen LogP contribution >= 0.6 is 15.9 Å². The Morgan fingerprint density at radius 2 is 2.00 bits per heavy atom. The van der Waals surface area contributed by atoms with Gasteiger partial charge in [0, 0.05) is 16.1 Å². The molecule has 1 heterocycles. The Kier molecular flexibility index (Phi) is 2.08. The van der Waals surface area contributed by atoms with E-state index < -0.39 is 0 Å². The van der Waals surface area contributed by atoms with Gasteiger partial charge in [0.25, 0.3) is 0 Å². The van der Waals surface area contributed by atoms with Gasteiger partial charge in [-0.15, -0.1) is 0 Å². The lowest BCUT2D eigenvalue weighted by Gasteiger charge is -2.06. The summed E-state index contributed by atoms with van der Waals surface area (Å²) in [5, 5.41) is 1.19.